The van der Waals surface area contributed by atoms with Crippen LogP contribution in [0.1, 0.15) is 43.2 Å². The van der Waals surface area contributed by atoms with E-state index in [1.165, 1.54) is 17.0 Å². The Hall–Kier alpha value is -4.41. The van der Waals surface area contributed by atoms with E-state index < -0.39 is 24.5 Å². The zero-order chi connectivity index (χ0) is 30.2. The fraction of sp³-hybridized carbons (Fsp3) is 0.250. The number of amides is 2. The van der Waals surface area contributed by atoms with Crippen molar-refractivity contribution >= 4 is 17.5 Å². The molecule has 2 amide bonds. The number of aliphatic hydroxyl groups excluding tert-OH is 2. The summed E-state index contributed by atoms with van der Waals surface area (Å²) in [6.45, 7) is 1.65. The zero-order valence-corrected chi connectivity index (χ0v) is 23.1. The summed E-state index contributed by atoms with van der Waals surface area (Å²) >= 11 is 0. The summed E-state index contributed by atoms with van der Waals surface area (Å²) < 4.78 is 42.9. The Morgan fingerprint density at radius 2 is 1.67 bits per heavy atom. The first-order valence-corrected chi connectivity index (χ1v) is 13.4. The average Bonchev–Trinajstić information content (AvgIpc) is 3.28. The van der Waals surface area contributed by atoms with Crippen LogP contribution in [0.25, 0.3) is 11.1 Å². The number of rotatable bonds is 6. The van der Waals surface area contributed by atoms with Gasteiger partial charge in [0.2, 0.25) is 0 Å². The molecule has 1 atom stereocenters. The minimum Gasteiger partial charge on any atom is -0.394 e. The highest BCUT2D eigenvalue weighted by Gasteiger charge is 2.34. The van der Waals surface area contributed by atoms with Gasteiger partial charge in [-0.3, -0.25) is 9.59 Å². The average molecular weight is 578 g/mol. The molecule has 4 aromatic rings. The van der Waals surface area contributed by atoms with Gasteiger partial charge in [-0.05, 0) is 65.6 Å². The lowest BCUT2D eigenvalue weighted by atomic mass is 9.94. The third-order valence-electron chi connectivity index (χ3n) is 7.50. The topological polar surface area (TPSA) is 86.0 Å². The SMILES string of the molecule is Cc1cc(C(=O)N2Cc3ccc(C(=O)N(C)CC(O)CO)n3Cc3ccccc32)ccc1-c1ccccc1C(F)(F)F. The lowest BCUT2D eigenvalue weighted by molar-refractivity contribution is -0.137. The maximum absolute atomic E-state index is 14.0. The number of likely N-dealkylation sites (N-methyl/N-ethyl adjacent to an activating group) is 1. The van der Waals surface area contributed by atoms with Crippen LogP contribution in [0, 0.1) is 6.92 Å². The van der Waals surface area contributed by atoms with Crippen LogP contribution in [-0.4, -0.2) is 57.8 Å². The number of carbonyl (C=O) groups excluding carboxylic acids is 2. The van der Waals surface area contributed by atoms with E-state index >= 15 is 0 Å². The van der Waals surface area contributed by atoms with Gasteiger partial charge in [-0.1, -0.05) is 42.5 Å². The highest BCUT2D eigenvalue weighted by atomic mass is 19.4. The predicted octanol–water partition coefficient (Wildman–Crippen LogP) is 5.12. The van der Waals surface area contributed by atoms with Gasteiger partial charge in [0.25, 0.3) is 11.8 Å². The second-order valence-electron chi connectivity index (χ2n) is 10.4. The molecule has 0 saturated heterocycles. The number of alkyl halides is 3. The van der Waals surface area contributed by atoms with E-state index in [1.54, 1.807) is 55.3 Å². The van der Waals surface area contributed by atoms with E-state index in [4.69, 9.17) is 5.11 Å². The number of carbonyl (C=O) groups is 2. The van der Waals surface area contributed by atoms with Gasteiger partial charge in [0, 0.05) is 30.5 Å². The molecule has 5 rings (SSSR count). The summed E-state index contributed by atoms with van der Waals surface area (Å²) in [5, 5.41) is 19.0. The molecule has 218 valence electrons. The Bertz CT molecular complexity index is 1650. The maximum Gasteiger partial charge on any atom is 0.417 e. The monoisotopic (exact) mass is 577 g/mol. The number of aromatic nitrogens is 1. The first kappa shape index (κ1) is 29.1. The van der Waals surface area contributed by atoms with Crippen LogP contribution >= 0.6 is 0 Å². The van der Waals surface area contributed by atoms with Crippen molar-refractivity contribution in [3.05, 3.63) is 113 Å². The molecular weight excluding hydrogens is 547 g/mol. The van der Waals surface area contributed by atoms with Gasteiger partial charge in [0.1, 0.15) is 5.69 Å². The molecule has 0 bridgehead atoms. The Morgan fingerprint density at radius 3 is 2.38 bits per heavy atom. The molecule has 3 aromatic carbocycles. The molecule has 0 saturated carbocycles. The quantitative estimate of drug-likeness (QED) is 0.333. The molecular formula is C32H30F3N3O4. The number of anilines is 1. The Labute approximate surface area is 241 Å². The number of para-hydroxylation sites is 1. The van der Waals surface area contributed by atoms with E-state index in [0.29, 0.717) is 40.3 Å². The minimum absolute atomic E-state index is 0.0418. The van der Waals surface area contributed by atoms with Crippen molar-refractivity contribution in [2.75, 3.05) is 25.1 Å². The number of aliphatic hydroxyl groups is 2. The van der Waals surface area contributed by atoms with Crippen molar-refractivity contribution in [3.8, 4) is 11.1 Å². The maximum atomic E-state index is 14.0. The molecule has 0 aliphatic carbocycles. The standard InChI is InChI=1S/C32H30F3N3O4/c1-20-15-21(11-13-25(20)26-8-4-5-9-27(26)32(33,34)35)30(41)38-17-23-12-14-29(31(42)36(2)18-24(40)19-39)37(23)16-22-7-3-6-10-28(22)38/h3-15,24,39-40H,16-19H2,1-2H3. The molecule has 1 aliphatic rings. The lowest BCUT2D eigenvalue weighted by Gasteiger charge is -2.23. The van der Waals surface area contributed by atoms with Crippen molar-refractivity contribution in [1.82, 2.24) is 9.47 Å². The summed E-state index contributed by atoms with van der Waals surface area (Å²) in [6.07, 6.45) is -5.58. The van der Waals surface area contributed by atoms with Crippen molar-refractivity contribution in [2.45, 2.75) is 32.3 Å². The summed E-state index contributed by atoms with van der Waals surface area (Å²) in [5.74, 6) is -0.664. The van der Waals surface area contributed by atoms with Crippen molar-refractivity contribution in [1.29, 1.82) is 0 Å². The molecule has 0 spiro atoms. The van der Waals surface area contributed by atoms with Crippen LogP contribution in [0.5, 0.6) is 0 Å². The smallest absolute Gasteiger partial charge is 0.394 e. The molecule has 7 nitrogen and oxygen atoms in total. The zero-order valence-electron chi connectivity index (χ0n) is 23.1. The van der Waals surface area contributed by atoms with E-state index in [2.05, 4.69) is 0 Å². The number of halogens is 3. The van der Waals surface area contributed by atoms with Crippen LogP contribution < -0.4 is 4.90 Å². The van der Waals surface area contributed by atoms with Gasteiger partial charge in [-0.2, -0.15) is 13.2 Å². The molecule has 1 aromatic heterocycles. The Kier molecular flexibility index (Phi) is 7.94. The van der Waals surface area contributed by atoms with E-state index in [-0.39, 0.29) is 30.5 Å². The van der Waals surface area contributed by atoms with E-state index in [1.807, 2.05) is 28.8 Å². The molecule has 2 N–H and O–H groups in total. The van der Waals surface area contributed by atoms with Crippen LogP contribution in [0.4, 0.5) is 18.9 Å². The third kappa shape index (κ3) is 5.55. The fourth-order valence-electron chi connectivity index (χ4n) is 5.40. The molecule has 10 heteroatoms. The van der Waals surface area contributed by atoms with Crippen molar-refractivity contribution < 1.29 is 33.0 Å². The first-order chi connectivity index (χ1) is 20.0. The Morgan fingerprint density at radius 1 is 0.952 bits per heavy atom. The highest BCUT2D eigenvalue weighted by Crippen LogP contribution is 2.38. The lowest BCUT2D eigenvalue weighted by Crippen LogP contribution is -2.37. The normalized spacial score (nSPS) is 13.6. The summed E-state index contributed by atoms with van der Waals surface area (Å²) in [4.78, 5) is 30.1. The van der Waals surface area contributed by atoms with E-state index in [9.17, 15) is 27.9 Å². The van der Waals surface area contributed by atoms with Crippen molar-refractivity contribution in [3.63, 3.8) is 0 Å². The van der Waals surface area contributed by atoms with Gasteiger partial charge in [0.05, 0.1) is 31.4 Å². The number of benzene rings is 3. The predicted molar refractivity (Wildman–Crippen MR) is 152 cm³/mol. The van der Waals surface area contributed by atoms with Crippen LogP contribution in [0.3, 0.4) is 0 Å². The second-order valence-corrected chi connectivity index (χ2v) is 10.4. The van der Waals surface area contributed by atoms with Crippen LogP contribution in [0.2, 0.25) is 0 Å². The first-order valence-electron chi connectivity index (χ1n) is 13.4. The number of hydrogen-bond donors (Lipinski definition) is 2. The Balaban J connectivity index is 1.49. The van der Waals surface area contributed by atoms with Gasteiger partial charge in [-0.25, -0.2) is 0 Å². The van der Waals surface area contributed by atoms with Crippen LogP contribution in [0.15, 0.2) is 78.9 Å². The number of hydrogen-bond acceptors (Lipinski definition) is 4. The van der Waals surface area contributed by atoms with Crippen LogP contribution in [-0.2, 0) is 19.3 Å². The molecule has 0 fully saturated rings. The number of nitrogens with zero attached hydrogens (tertiary/aromatic N) is 3. The fourth-order valence-corrected chi connectivity index (χ4v) is 5.40. The van der Waals surface area contributed by atoms with Gasteiger partial charge in [0.15, 0.2) is 0 Å². The van der Waals surface area contributed by atoms with Gasteiger partial charge in [-0.15, -0.1) is 0 Å². The molecule has 2 heterocycles. The number of fused-ring (bicyclic) bond motifs is 2. The minimum atomic E-state index is -4.52. The largest absolute Gasteiger partial charge is 0.417 e. The van der Waals surface area contributed by atoms with Gasteiger partial charge < -0.3 is 24.6 Å². The summed E-state index contributed by atoms with van der Waals surface area (Å²) in [5.41, 5.74) is 3.12. The molecule has 1 aliphatic heterocycles. The third-order valence-corrected chi connectivity index (χ3v) is 7.50. The molecule has 0 radical (unpaired) electrons. The van der Waals surface area contributed by atoms with Crippen molar-refractivity contribution in [2.24, 2.45) is 0 Å². The number of aryl methyl sites for hydroxylation is 1. The summed E-state index contributed by atoms with van der Waals surface area (Å²) in [7, 11) is 1.54. The highest BCUT2D eigenvalue weighted by molar-refractivity contribution is 6.07. The molecule has 42 heavy (non-hydrogen) atoms. The second kappa shape index (κ2) is 11.5. The molecule has 1 unspecified atom stereocenters. The summed E-state index contributed by atoms with van der Waals surface area (Å²) in [6, 6.07) is 20.9. The van der Waals surface area contributed by atoms with E-state index in [0.717, 1.165) is 11.6 Å². The van der Waals surface area contributed by atoms with Gasteiger partial charge >= 0.3 is 6.18 Å².